The van der Waals surface area contributed by atoms with Crippen molar-refractivity contribution in [2.24, 2.45) is 5.92 Å². The predicted molar refractivity (Wildman–Crippen MR) is 282 cm³/mol. The summed E-state index contributed by atoms with van der Waals surface area (Å²) in [5.74, 6) is 1.11. The maximum Gasteiger partial charge on any atom is 0.216 e. The normalized spacial score (nSPS) is 13.2. The van der Waals surface area contributed by atoms with Crippen LogP contribution in [0.4, 0.5) is 0 Å². The van der Waals surface area contributed by atoms with Gasteiger partial charge in [0, 0.05) is 56.0 Å². The van der Waals surface area contributed by atoms with Gasteiger partial charge in [-0.15, -0.1) is 53.6 Å². The van der Waals surface area contributed by atoms with E-state index in [1.165, 1.54) is 28.3 Å². The predicted octanol–water partition coefficient (Wildman–Crippen LogP) is 15.4. The van der Waals surface area contributed by atoms with E-state index in [0.717, 1.165) is 60.9 Å². The Morgan fingerprint density at radius 1 is 0.721 bits per heavy atom. The number of aryl methyl sites for hydroxylation is 1. The van der Waals surface area contributed by atoms with Gasteiger partial charge in [-0.05, 0) is 87.6 Å². The van der Waals surface area contributed by atoms with Crippen molar-refractivity contribution in [2.75, 3.05) is 0 Å². The van der Waals surface area contributed by atoms with Gasteiger partial charge in [0.25, 0.3) is 0 Å². The van der Waals surface area contributed by atoms with Crippen LogP contribution < -0.4 is 5.19 Å². The van der Waals surface area contributed by atoms with Crippen molar-refractivity contribution in [2.45, 2.75) is 86.2 Å². The average molecular weight is 1090 g/mol. The molecule has 1 radical (unpaired) electrons. The summed E-state index contributed by atoms with van der Waals surface area (Å²) in [6.45, 7) is 17.2. The molecular formula is C60H59IrN5OSi-2. The van der Waals surface area contributed by atoms with Crippen molar-refractivity contribution in [3.8, 4) is 50.7 Å². The summed E-state index contributed by atoms with van der Waals surface area (Å²) < 4.78 is 48.5. The van der Waals surface area contributed by atoms with E-state index in [-0.39, 0.29) is 43.4 Å². The number of nitrogens with zero attached hydrogens (tertiary/aromatic N) is 5. The number of imidazole rings is 1. The molecule has 0 N–H and O–H groups in total. The number of fused-ring (bicyclic) bond motifs is 4. The molecule has 10 aromatic rings. The molecule has 5 aromatic heterocycles. The van der Waals surface area contributed by atoms with Crippen LogP contribution in [0.15, 0.2) is 150 Å². The standard InChI is InChI=1S/C41H33N4O.C19H26NSi.Ir/c1-25(2)33-22-29(27-12-7-5-8-13-27)23-34(26(3)4)38(33)45-37-24-42-21-20-36(37)43-40(45)32-17-11-16-30-31-18-19-35(28-14-9-6-10-15-28)44-41(31)46-39(30)32;1-14(2)11-17-12-18(16-9-7-15(3)8-10-16)20-13-19(17)21(4,5)6;/h5-16,18-26H,1-4H3;7-9,12-14H,11H2,1-6H3;/q2*-1;/i;3D3,11D2;. The fraction of sp³-hybridized carbons (Fsp3) is 0.233. The quantitative estimate of drug-likeness (QED) is 0.101. The number of hydrogen-bond donors (Lipinski definition) is 0. The minimum Gasteiger partial charge on any atom is -0.486 e. The molecule has 8 heteroatoms. The number of rotatable bonds is 10. The van der Waals surface area contributed by atoms with Crippen LogP contribution in [-0.2, 0) is 26.5 Å². The van der Waals surface area contributed by atoms with Crippen molar-refractivity contribution >= 4 is 46.4 Å². The summed E-state index contributed by atoms with van der Waals surface area (Å²) in [6.07, 6.45) is 4.04. The molecule has 0 aliphatic carbocycles. The van der Waals surface area contributed by atoms with Crippen LogP contribution in [-0.4, -0.2) is 32.6 Å². The molecule has 0 saturated heterocycles. The molecule has 0 aliphatic rings. The zero-order chi connectivity index (χ0) is 51.3. The Morgan fingerprint density at radius 3 is 2.06 bits per heavy atom. The van der Waals surface area contributed by atoms with Crippen LogP contribution in [0, 0.1) is 24.9 Å². The van der Waals surface area contributed by atoms with Crippen LogP contribution in [0.1, 0.15) is 82.5 Å². The third kappa shape index (κ3) is 9.82. The third-order valence-electron chi connectivity index (χ3n) is 12.0. The molecule has 0 fully saturated rings. The molecule has 0 spiro atoms. The van der Waals surface area contributed by atoms with Gasteiger partial charge in [0.05, 0.1) is 42.4 Å². The first kappa shape index (κ1) is 41.8. The Bertz CT molecular complexity index is 3540. The second kappa shape index (κ2) is 20.1. The molecule has 0 saturated carbocycles. The Balaban J connectivity index is 0.000000226. The van der Waals surface area contributed by atoms with Crippen LogP contribution >= 0.6 is 0 Å². The van der Waals surface area contributed by atoms with Crippen LogP contribution in [0.5, 0.6) is 0 Å². The van der Waals surface area contributed by atoms with Crippen molar-refractivity contribution < 1.29 is 31.4 Å². The largest absolute Gasteiger partial charge is 0.486 e. The number of pyridine rings is 3. The Labute approximate surface area is 423 Å². The summed E-state index contributed by atoms with van der Waals surface area (Å²) >= 11 is 0. The Hall–Kier alpha value is -6.31. The van der Waals surface area contributed by atoms with E-state index >= 15 is 0 Å². The van der Waals surface area contributed by atoms with Crippen LogP contribution in [0.25, 0.3) is 83.8 Å². The SMILES string of the molecule is CC(C)c1cc(-c2ccccc2)cc(C(C)C)c1-n1c(-c2[c-]ccc3c2oc2nc(-c4ccccc4)ccc23)nc2ccncc21.[2H]C([2H])([2H])c1c[c-]c(-c2cc(C([2H])([2H])C(C)C)c([Si](C)(C)C)cn2)cc1.[Ir]. The zero-order valence-electron chi connectivity index (χ0n) is 45.1. The number of benzene rings is 5. The molecule has 0 aliphatic heterocycles. The monoisotopic (exact) mass is 1090 g/mol. The van der Waals surface area contributed by atoms with Crippen molar-refractivity contribution in [3.63, 3.8) is 0 Å². The molecule has 0 bridgehead atoms. The van der Waals surface area contributed by atoms with Gasteiger partial charge >= 0.3 is 0 Å². The second-order valence-electron chi connectivity index (χ2n) is 19.1. The van der Waals surface area contributed by atoms with E-state index < -0.39 is 21.3 Å². The first-order valence-electron chi connectivity index (χ1n) is 25.6. The van der Waals surface area contributed by atoms with E-state index in [2.05, 4.69) is 147 Å². The molecule has 0 atom stereocenters. The molecule has 10 rings (SSSR count). The molecule has 345 valence electrons. The van der Waals surface area contributed by atoms with E-state index in [1.54, 1.807) is 24.5 Å². The Morgan fingerprint density at radius 2 is 1.43 bits per heavy atom. The average Bonchev–Trinajstić information content (AvgIpc) is 3.94. The molecule has 68 heavy (non-hydrogen) atoms. The summed E-state index contributed by atoms with van der Waals surface area (Å²) in [5, 5.41) is 2.96. The third-order valence-corrected chi connectivity index (χ3v) is 14.1. The smallest absolute Gasteiger partial charge is 0.216 e. The van der Waals surface area contributed by atoms with Crippen molar-refractivity contribution in [3.05, 3.63) is 180 Å². The fourth-order valence-corrected chi connectivity index (χ4v) is 10.1. The van der Waals surface area contributed by atoms with Crippen molar-refractivity contribution in [1.29, 1.82) is 0 Å². The van der Waals surface area contributed by atoms with Gasteiger partial charge in [-0.25, -0.2) is 4.98 Å². The molecule has 5 aromatic carbocycles. The molecule has 0 amide bonds. The summed E-state index contributed by atoms with van der Waals surface area (Å²) in [6, 6.07) is 48.7. The fourth-order valence-electron chi connectivity index (χ4n) is 8.71. The van der Waals surface area contributed by atoms with Gasteiger partial charge in [0.2, 0.25) is 5.71 Å². The van der Waals surface area contributed by atoms with E-state index in [4.69, 9.17) is 21.2 Å². The summed E-state index contributed by atoms with van der Waals surface area (Å²) in [7, 11) is -1.78. The van der Waals surface area contributed by atoms with Gasteiger partial charge < -0.3 is 14.0 Å². The number of hydrogen-bond acceptors (Lipinski definition) is 5. The van der Waals surface area contributed by atoms with Gasteiger partial charge in [-0.2, -0.15) is 0 Å². The maximum atomic E-state index is 8.59. The van der Waals surface area contributed by atoms with Gasteiger partial charge in [-0.1, -0.05) is 151 Å². The number of aromatic nitrogens is 5. The van der Waals surface area contributed by atoms with E-state index in [9.17, 15) is 0 Å². The first-order valence-corrected chi connectivity index (χ1v) is 26.6. The molecule has 0 unspecified atom stereocenters. The molecule has 5 heterocycles. The van der Waals surface area contributed by atoms with Crippen LogP contribution in [0.2, 0.25) is 19.6 Å². The van der Waals surface area contributed by atoms with E-state index in [1.807, 2.05) is 56.4 Å². The summed E-state index contributed by atoms with van der Waals surface area (Å²) in [4.78, 5) is 19.3. The zero-order valence-corrected chi connectivity index (χ0v) is 43.5. The molecule has 6 nitrogen and oxygen atoms in total. The van der Waals surface area contributed by atoms with E-state index in [0.29, 0.717) is 22.5 Å². The second-order valence-corrected chi connectivity index (χ2v) is 24.1. The topological polar surface area (TPSA) is 69.6 Å². The first-order chi connectivity index (χ1) is 34.2. The van der Waals surface area contributed by atoms with Crippen molar-refractivity contribution in [1.82, 2.24) is 24.5 Å². The number of furan rings is 1. The van der Waals surface area contributed by atoms with Gasteiger partial charge in [0.1, 0.15) is 0 Å². The minimum absolute atomic E-state index is 0. The van der Waals surface area contributed by atoms with Crippen LogP contribution in [0.3, 0.4) is 0 Å². The molecular weight excluding hydrogens is 1030 g/mol. The minimum atomic E-state index is -2.16. The maximum absolute atomic E-state index is 8.59. The van der Waals surface area contributed by atoms with Gasteiger partial charge in [-0.3, -0.25) is 9.97 Å². The van der Waals surface area contributed by atoms with Gasteiger partial charge in [0.15, 0.2) is 0 Å². The Kier molecular flexibility index (Phi) is 12.4. The summed E-state index contributed by atoms with van der Waals surface area (Å²) in [5.41, 5.74) is 14.1.